The van der Waals surface area contributed by atoms with Gasteiger partial charge in [0.05, 0.1) is 6.54 Å². The lowest BCUT2D eigenvalue weighted by Gasteiger charge is -2.34. The SMILES string of the molecule is NC(=NCCC(=O)N1CCN(c2ncccn2)CC1)NCCc1ccccc1. The number of hydrogen-bond acceptors (Lipinski definition) is 5. The Kier molecular flexibility index (Phi) is 7.17. The van der Waals surface area contributed by atoms with E-state index < -0.39 is 0 Å². The van der Waals surface area contributed by atoms with Crippen molar-refractivity contribution in [3.63, 3.8) is 0 Å². The molecule has 3 rings (SSSR count). The van der Waals surface area contributed by atoms with Gasteiger partial charge in [-0.05, 0) is 18.1 Å². The Morgan fingerprint density at radius 3 is 2.50 bits per heavy atom. The van der Waals surface area contributed by atoms with Crippen molar-refractivity contribution >= 4 is 17.8 Å². The van der Waals surface area contributed by atoms with Gasteiger partial charge in [0, 0.05) is 51.5 Å². The minimum Gasteiger partial charge on any atom is -0.370 e. The second-order valence-corrected chi connectivity index (χ2v) is 6.60. The van der Waals surface area contributed by atoms with Gasteiger partial charge in [-0.15, -0.1) is 0 Å². The predicted molar refractivity (Wildman–Crippen MR) is 110 cm³/mol. The summed E-state index contributed by atoms with van der Waals surface area (Å²) >= 11 is 0. The molecule has 1 aliphatic heterocycles. The Morgan fingerprint density at radius 2 is 1.79 bits per heavy atom. The van der Waals surface area contributed by atoms with Crippen LogP contribution in [0.5, 0.6) is 0 Å². The molecule has 148 valence electrons. The summed E-state index contributed by atoms with van der Waals surface area (Å²) in [5.41, 5.74) is 7.13. The van der Waals surface area contributed by atoms with E-state index in [1.807, 2.05) is 23.1 Å². The number of hydrogen-bond donors (Lipinski definition) is 2. The topological polar surface area (TPSA) is 99.7 Å². The molecule has 3 N–H and O–H groups in total. The van der Waals surface area contributed by atoms with Crippen LogP contribution in [0.2, 0.25) is 0 Å². The first-order chi connectivity index (χ1) is 13.7. The molecule has 2 aromatic rings. The number of nitrogens with two attached hydrogens (primary N) is 1. The summed E-state index contributed by atoms with van der Waals surface area (Å²) in [5.74, 6) is 1.21. The van der Waals surface area contributed by atoms with Crippen LogP contribution in [0.1, 0.15) is 12.0 Å². The van der Waals surface area contributed by atoms with E-state index in [1.54, 1.807) is 18.5 Å². The molecule has 8 nitrogen and oxygen atoms in total. The Hall–Kier alpha value is -3.16. The van der Waals surface area contributed by atoms with Crippen LogP contribution >= 0.6 is 0 Å². The van der Waals surface area contributed by atoms with E-state index in [1.165, 1.54) is 5.56 Å². The zero-order valence-electron chi connectivity index (χ0n) is 16.0. The minimum atomic E-state index is 0.106. The van der Waals surface area contributed by atoms with Gasteiger partial charge in [0.1, 0.15) is 0 Å². The van der Waals surface area contributed by atoms with Crippen molar-refractivity contribution in [2.45, 2.75) is 12.8 Å². The molecule has 1 aliphatic rings. The number of anilines is 1. The van der Waals surface area contributed by atoms with Crippen molar-refractivity contribution in [3.8, 4) is 0 Å². The highest BCUT2D eigenvalue weighted by Crippen LogP contribution is 2.10. The van der Waals surface area contributed by atoms with E-state index in [-0.39, 0.29) is 5.91 Å². The lowest BCUT2D eigenvalue weighted by Crippen LogP contribution is -2.49. The second kappa shape index (κ2) is 10.2. The molecule has 1 amide bonds. The molecular formula is C20H27N7O. The predicted octanol–water partition coefficient (Wildman–Crippen LogP) is 0.662. The largest absolute Gasteiger partial charge is 0.370 e. The Labute approximate surface area is 165 Å². The number of aliphatic imine (C=N–C) groups is 1. The smallest absolute Gasteiger partial charge is 0.225 e. The summed E-state index contributed by atoms with van der Waals surface area (Å²) in [6.07, 6.45) is 4.71. The van der Waals surface area contributed by atoms with Crippen LogP contribution in [-0.4, -0.2) is 66.0 Å². The average Bonchev–Trinajstić information content (AvgIpc) is 2.75. The zero-order valence-corrected chi connectivity index (χ0v) is 16.0. The number of nitrogens with zero attached hydrogens (tertiary/aromatic N) is 5. The van der Waals surface area contributed by atoms with Crippen LogP contribution in [0.3, 0.4) is 0 Å². The summed E-state index contributed by atoms with van der Waals surface area (Å²) in [6, 6.07) is 12.0. The van der Waals surface area contributed by atoms with Crippen LogP contribution in [0.25, 0.3) is 0 Å². The van der Waals surface area contributed by atoms with E-state index in [4.69, 9.17) is 5.73 Å². The fourth-order valence-corrected chi connectivity index (χ4v) is 3.08. The molecule has 1 aromatic heterocycles. The fourth-order valence-electron chi connectivity index (χ4n) is 3.08. The van der Waals surface area contributed by atoms with Crippen LogP contribution in [0.15, 0.2) is 53.8 Å². The monoisotopic (exact) mass is 381 g/mol. The molecule has 1 saturated heterocycles. The van der Waals surface area contributed by atoms with Gasteiger partial charge in [-0.25, -0.2) is 9.97 Å². The van der Waals surface area contributed by atoms with Crippen molar-refractivity contribution < 1.29 is 4.79 Å². The number of carbonyl (C=O) groups excluding carboxylic acids is 1. The number of nitrogens with one attached hydrogen (secondary N) is 1. The molecule has 2 heterocycles. The van der Waals surface area contributed by atoms with Gasteiger partial charge < -0.3 is 20.9 Å². The van der Waals surface area contributed by atoms with Crippen molar-refractivity contribution in [3.05, 3.63) is 54.4 Å². The maximum Gasteiger partial charge on any atom is 0.225 e. The summed E-state index contributed by atoms with van der Waals surface area (Å²) in [5, 5.41) is 3.09. The van der Waals surface area contributed by atoms with Crippen LogP contribution in [0.4, 0.5) is 5.95 Å². The quantitative estimate of drug-likeness (QED) is 0.540. The Morgan fingerprint density at radius 1 is 1.07 bits per heavy atom. The van der Waals surface area contributed by atoms with Crippen LogP contribution in [0, 0.1) is 0 Å². The van der Waals surface area contributed by atoms with E-state index in [9.17, 15) is 4.79 Å². The van der Waals surface area contributed by atoms with Crippen LogP contribution < -0.4 is 16.0 Å². The van der Waals surface area contributed by atoms with E-state index >= 15 is 0 Å². The van der Waals surface area contributed by atoms with Crippen molar-refractivity contribution in [2.24, 2.45) is 10.7 Å². The molecule has 8 heteroatoms. The molecule has 0 radical (unpaired) electrons. The second-order valence-electron chi connectivity index (χ2n) is 6.60. The number of amides is 1. The maximum atomic E-state index is 12.4. The van der Waals surface area contributed by atoms with Crippen molar-refractivity contribution in [2.75, 3.05) is 44.2 Å². The normalized spacial score (nSPS) is 14.8. The number of piperazine rings is 1. The van der Waals surface area contributed by atoms with Gasteiger partial charge >= 0.3 is 0 Å². The first-order valence-corrected chi connectivity index (χ1v) is 9.60. The van der Waals surface area contributed by atoms with Gasteiger partial charge in [0.25, 0.3) is 0 Å². The third kappa shape index (κ3) is 5.94. The maximum absolute atomic E-state index is 12.4. The molecule has 0 atom stereocenters. The van der Waals surface area contributed by atoms with Gasteiger partial charge in [0.15, 0.2) is 5.96 Å². The lowest BCUT2D eigenvalue weighted by molar-refractivity contribution is -0.131. The molecule has 0 spiro atoms. The highest BCUT2D eigenvalue weighted by atomic mass is 16.2. The zero-order chi connectivity index (χ0) is 19.6. The van der Waals surface area contributed by atoms with Gasteiger partial charge in [0.2, 0.25) is 11.9 Å². The lowest BCUT2D eigenvalue weighted by atomic mass is 10.1. The number of carbonyl (C=O) groups is 1. The summed E-state index contributed by atoms with van der Waals surface area (Å²) in [7, 11) is 0. The van der Waals surface area contributed by atoms with Crippen LogP contribution in [-0.2, 0) is 11.2 Å². The average molecular weight is 381 g/mol. The molecular weight excluding hydrogens is 354 g/mol. The van der Waals surface area contributed by atoms with E-state index in [0.29, 0.717) is 38.0 Å². The summed E-state index contributed by atoms with van der Waals surface area (Å²) in [4.78, 5) is 29.1. The summed E-state index contributed by atoms with van der Waals surface area (Å²) in [6.45, 7) is 3.93. The van der Waals surface area contributed by atoms with E-state index in [2.05, 4.69) is 37.3 Å². The molecule has 0 bridgehead atoms. The highest BCUT2D eigenvalue weighted by Gasteiger charge is 2.21. The van der Waals surface area contributed by atoms with Gasteiger partial charge in [-0.1, -0.05) is 30.3 Å². The standard InChI is InChI=1S/C20H27N7O/c21-19(22-11-7-17-5-2-1-3-6-17)23-12-8-18(28)26-13-15-27(16-14-26)20-24-9-4-10-25-20/h1-6,9-10H,7-8,11-16H2,(H3,21,22,23). The molecule has 28 heavy (non-hydrogen) atoms. The fraction of sp³-hybridized carbons (Fsp3) is 0.400. The number of guanidine groups is 1. The molecule has 1 aromatic carbocycles. The van der Waals surface area contributed by atoms with Crippen molar-refractivity contribution in [1.29, 1.82) is 0 Å². The molecule has 0 saturated carbocycles. The Bertz CT molecular complexity index is 759. The van der Waals surface area contributed by atoms with Gasteiger partial charge in [-0.2, -0.15) is 0 Å². The third-order valence-corrected chi connectivity index (χ3v) is 4.64. The summed E-state index contributed by atoms with van der Waals surface area (Å²) < 4.78 is 0. The highest BCUT2D eigenvalue weighted by molar-refractivity contribution is 5.79. The van der Waals surface area contributed by atoms with E-state index in [0.717, 1.165) is 26.1 Å². The Balaban J connectivity index is 1.33. The number of benzene rings is 1. The number of aromatic nitrogens is 2. The first kappa shape index (κ1) is 19.6. The van der Waals surface area contributed by atoms with Crippen molar-refractivity contribution in [1.82, 2.24) is 20.2 Å². The molecule has 1 fully saturated rings. The first-order valence-electron chi connectivity index (χ1n) is 9.60. The molecule has 0 unspecified atom stereocenters. The molecule has 0 aliphatic carbocycles. The van der Waals surface area contributed by atoms with Gasteiger partial charge in [-0.3, -0.25) is 9.79 Å². The number of rotatable bonds is 7. The third-order valence-electron chi connectivity index (χ3n) is 4.64. The minimum absolute atomic E-state index is 0.106.